The Kier molecular flexibility index (Phi) is 3.11. The minimum absolute atomic E-state index is 0.142. The Morgan fingerprint density at radius 1 is 1.14 bits per heavy atom. The van der Waals surface area contributed by atoms with Crippen LogP contribution in [-0.4, -0.2) is 41.0 Å². The Hall–Kier alpha value is -1.94. The maximum atomic E-state index is 12.9. The predicted molar refractivity (Wildman–Crippen MR) is 82.2 cm³/mol. The summed E-state index contributed by atoms with van der Waals surface area (Å²) >= 11 is 0. The fourth-order valence-electron chi connectivity index (χ4n) is 3.59. The van der Waals surface area contributed by atoms with Gasteiger partial charge in [0.25, 0.3) is 5.91 Å². The molecule has 2 atom stereocenters. The van der Waals surface area contributed by atoms with Crippen LogP contribution in [0.5, 0.6) is 0 Å². The van der Waals surface area contributed by atoms with Crippen LogP contribution in [0.4, 0.5) is 0 Å². The van der Waals surface area contributed by atoms with Crippen molar-refractivity contribution in [3.8, 4) is 0 Å². The lowest BCUT2D eigenvalue weighted by Gasteiger charge is -2.24. The van der Waals surface area contributed by atoms with Gasteiger partial charge in [-0.2, -0.15) is 0 Å². The number of hydrogen-bond acceptors (Lipinski definition) is 3. The van der Waals surface area contributed by atoms with Crippen LogP contribution >= 0.6 is 0 Å². The molecular weight excluding hydrogens is 262 g/mol. The van der Waals surface area contributed by atoms with Crippen molar-refractivity contribution in [2.75, 3.05) is 13.1 Å². The first-order chi connectivity index (χ1) is 10.3. The van der Waals surface area contributed by atoms with Gasteiger partial charge in [-0.15, -0.1) is 0 Å². The maximum Gasteiger partial charge on any atom is 0.254 e. The van der Waals surface area contributed by atoms with Gasteiger partial charge in [-0.1, -0.05) is 12.1 Å². The molecule has 2 saturated heterocycles. The number of nitrogens with zero attached hydrogens (tertiary/aromatic N) is 2. The monoisotopic (exact) mass is 281 g/mol. The molecule has 2 unspecified atom stereocenters. The van der Waals surface area contributed by atoms with Crippen molar-refractivity contribution in [2.45, 2.75) is 31.3 Å². The predicted octanol–water partition coefficient (Wildman–Crippen LogP) is 2.20. The van der Waals surface area contributed by atoms with Gasteiger partial charge in [0.2, 0.25) is 0 Å². The van der Waals surface area contributed by atoms with E-state index in [1.54, 1.807) is 6.20 Å². The lowest BCUT2D eigenvalue weighted by molar-refractivity contribution is 0.0750. The molecule has 2 bridgehead atoms. The van der Waals surface area contributed by atoms with E-state index in [0.717, 1.165) is 36.0 Å². The second-order valence-corrected chi connectivity index (χ2v) is 6.05. The molecule has 1 N–H and O–H groups in total. The normalized spacial score (nSPS) is 25.0. The molecule has 21 heavy (non-hydrogen) atoms. The van der Waals surface area contributed by atoms with E-state index in [9.17, 15) is 4.79 Å². The van der Waals surface area contributed by atoms with Gasteiger partial charge in [0, 0.05) is 42.3 Å². The summed E-state index contributed by atoms with van der Waals surface area (Å²) in [6.07, 6.45) is 5.27. The molecule has 0 aliphatic carbocycles. The van der Waals surface area contributed by atoms with Crippen molar-refractivity contribution in [3.05, 3.63) is 42.1 Å². The molecule has 108 valence electrons. The average molecular weight is 281 g/mol. The molecule has 1 aromatic carbocycles. The Morgan fingerprint density at radius 2 is 2.05 bits per heavy atom. The van der Waals surface area contributed by atoms with Crippen LogP contribution in [0.3, 0.4) is 0 Å². The van der Waals surface area contributed by atoms with E-state index >= 15 is 0 Å². The van der Waals surface area contributed by atoms with E-state index in [4.69, 9.17) is 0 Å². The third-order valence-electron chi connectivity index (χ3n) is 4.69. The number of nitrogens with one attached hydrogen (secondary N) is 1. The quantitative estimate of drug-likeness (QED) is 0.871. The molecule has 0 spiro atoms. The number of aromatic nitrogens is 1. The lowest BCUT2D eigenvalue weighted by atomic mass is 10.0. The number of carbonyl (C=O) groups excluding carboxylic acids is 1. The highest BCUT2D eigenvalue weighted by Gasteiger charge is 2.31. The molecule has 3 heterocycles. The van der Waals surface area contributed by atoms with Crippen LogP contribution in [0.2, 0.25) is 0 Å². The van der Waals surface area contributed by atoms with Crippen LogP contribution < -0.4 is 5.32 Å². The van der Waals surface area contributed by atoms with Gasteiger partial charge in [0.05, 0.1) is 5.52 Å². The molecule has 4 rings (SSSR count). The molecule has 4 heteroatoms. The molecule has 0 radical (unpaired) electrons. The van der Waals surface area contributed by atoms with Gasteiger partial charge in [-0.3, -0.25) is 9.78 Å². The molecule has 1 aromatic heterocycles. The van der Waals surface area contributed by atoms with Gasteiger partial charge in [-0.25, -0.2) is 0 Å². The van der Waals surface area contributed by atoms with E-state index in [0.29, 0.717) is 12.1 Å². The molecule has 0 saturated carbocycles. The van der Waals surface area contributed by atoms with Gasteiger partial charge >= 0.3 is 0 Å². The van der Waals surface area contributed by atoms with Gasteiger partial charge in [-0.05, 0) is 37.5 Å². The highest BCUT2D eigenvalue weighted by molar-refractivity contribution is 6.06. The number of fused-ring (bicyclic) bond motifs is 3. The zero-order chi connectivity index (χ0) is 14.2. The zero-order valence-corrected chi connectivity index (χ0v) is 12.0. The van der Waals surface area contributed by atoms with Crippen molar-refractivity contribution >= 4 is 16.8 Å². The minimum Gasteiger partial charge on any atom is -0.337 e. The molecule has 2 aromatic rings. The van der Waals surface area contributed by atoms with Gasteiger partial charge < -0.3 is 10.2 Å². The Balaban J connectivity index is 1.67. The van der Waals surface area contributed by atoms with Crippen molar-refractivity contribution in [3.63, 3.8) is 0 Å². The first kappa shape index (κ1) is 12.8. The number of pyridine rings is 1. The first-order valence-electron chi connectivity index (χ1n) is 7.70. The molecule has 2 aliphatic rings. The number of rotatable bonds is 1. The number of likely N-dealkylation sites (tertiary alicyclic amines) is 1. The fourth-order valence-corrected chi connectivity index (χ4v) is 3.59. The summed E-state index contributed by atoms with van der Waals surface area (Å²) in [5.74, 6) is 0.142. The summed E-state index contributed by atoms with van der Waals surface area (Å²) in [7, 11) is 0. The Bertz CT molecular complexity index is 679. The van der Waals surface area contributed by atoms with E-state index in [-0.39, 0.29) is 5.91 Å². The summed E-state index contributed by atoms with van der Waals surface area (Å²) in [5, 5.41) is 4.57. The summed E-state index contributed by atoms with van der Waals surface area (Å²) in [4.78, 5) is 19.3. The molecular formula is C17H19N3O. The molecule has 1 amide bonds. The van der Waals surface area contributed by atoms with Crippen LogP contribution in [0.25, 0.3) is 10.9 Å². The minimum atomic E-state index is 0.142. The second kappa shape index (κ2) is 5.11. The van der Waals surface area contributed by atoms with E-state index in [1.165, 1.54) is 12.8 Å². The smallest absolute Gasteiger partial charge is 0.254 e. The fraction of sp³-hybridized carbons (Fsp3) is 0.412. The van der Waals surface area contributed by atoms with Gasteiger partial charge in [0.1, 0.15) is 0 Å². The number of amides is 1. The number of benzene rings is 1. The van der Waals surface area contributed by atoms with Crippen LogP contribution in [-0.2, 0) is 0 Å². The van der Waals surface area contributed by atoms with Crippen LogP contribution in [0.15, 0.2) is 36.5 Å². The average Bonchev–Trinajstić information content (AvgIpc) is 2.85. The summed E-state index contributed by atoms with van der Waals surface area (Å²) in [6.45, 7) is 1.68. The van der Waals surface area contributed by atoms with Crippen molar-refractivity contribution in [1.82, 2.24) is 15.2 Å². The number of carbonyl (C=O) groups is 1. The molecule has 2 aliphatic heterocycles. The lowest BCUT2D eigenvalue weighted by Crippen LogP contribution is -2.39. The topological polar surface area (TPSA) is 45.2 Å². The SMILES string of the molecule is O=C(c1cccc2ncccc12)N1CCC2CCC(C1)N2. The first-order valence-corrected chi connectivity index (χ1v) is 7.70. The maximum absolute atomic E-state index is 12.9. The van der Waals surface area contributed by atoms with Crippen molar-refractivity contribution in [2.24, 2.45) is 0 Å². The molecule has 2 fully saturated rings. The van der Waals surface area contributed by atoms with Crippen LogP contribution in [0, 0.1) is 0 Å². The Morgan fingerprint density at radius 3 is 3.00 bits per heavy atom. The van der Waals surface area contributed by atoms with Crippen molar-refractivity contribution < 1.29 is 4.79 Å². The van der Waals surface area contributed by atoms with E-state index < -0.39 is 0 Å². The largest absolute Gasteiger partial charge is 0.337 e. The van der Waals surface area contributed by atoms with Crippen molar-refractivity contribution in [1.29, 1.82) is 0 Å². The third-order valence-corrected chi connectivity index (χ3v) is 4.69. The third kappa shape index (κ3) is 2.29. The standard InChI is InChI=1S/C17H19N3O/c21-17(20-10-8-12-6-7-13(11-20)19-12)15-3-1-5-16-14(15)4-2-9-18-16/h1-5,9,12-13,19H,6-8,10-11H2. The van der Waals surface area contributed by atoms with E-state index in [2.05, 4.69) is 10.3 Å². The highest BCUT2D eigenvalue weighted by Crippen LogP contribution is 2.23. The van der Waals surface area contributed by atoms with E-state index in [1.807, 2.05) is 35.2 Å². The summed E-state index contributed by atoms with van der Waals surface area (Å²) < 4.78 is 0. The van der Waals surface area contributed by atoms with Gasteiger partial charge in [0.15, 0.2) is 0 Å². The summed E-state index contributed by atoms with van der Waals surface area (Å²) in [6, 6.07) is 10.7. The Labute approximate surface area is 124 Å². The zero-order valence-electron chi connectivity index (χ0n) is 12.0. The van der Waals surface area contributed by atoms with Crippen LogP contribution in [0.1, 0.15) is 29.6 Å². The second-order valence-electron chi connectivity index (χ2n) is 6.05. The summed E-state index contributed by atoms with van der Waals surface area (Å²) in [5.41, 5.74) is 1.66. The number of hydrogen-bond donors (Lipinski definition) is 1. The molecule has 4 nitrogen and oxygen atoms in total. The highest BCUT2D eigenvalue weighted by atomic mass is 16.2.